The van der Waals surface area contributed by atoms with Gasteiger partial charge in [0.05, 0.1) is 6.10 Å². The summed E-state index contributed by atoms with van der Waals surface area (Å²) in [5.41, 5.74) is 6.66. The number of nitrogens with two attached hydrogens (primary N) is 1. The van der Waals surface area contributed by atoms with Crippen LogP contribution < -0.4 is 5.73 Å². The summed E-state index contributed by atoms with van der Waals surface area (Å²) in [6, 6.07) is 0.484. The second-order valence-corrected chi connectivity index (χ2v) is 9.48. The largest absolute Gasteiger partial charge is 0.393 e. The maximum absolute atomic E-state index is 10.3. The molecule has 0 heterocycles. The van der Waals surface area contributed by atoms with E-state index in [9.17, 15) is 5.11 Å². The molecule has 0 aromatic rings. The second-order valence-electron chi connectivity index (χ2n) is 9.48. The smallest absolute Gasteiger partial charge is 0.0545 e. The van der Waals surface area contributed by atoms with Crippen LogP contribution in [0.4, 0.5) is 0 Å². The summed E-state index contributed by atoms with van der Waals surface area (Å²) in [5.74, 6) is 5.30. The first-order chi connectivity index (χ1) is 10.5. The average Bonchev–Trinajstić information content (AvgIpc) is 2.84. The number of hydrogen-bond acceptors (Lipinski definition) is 2. The molecule has 0 radical (unpaired) electrons. The predicted octanol–water partition coefficient (Wildman–Crippen LogP) is 3.96. The first-order valence-electron chi connectivity index (χ1n) is 9.94. The van der Waals surface area contributed by atoms with Gasteiger partial charge in [0.25, 0.3) is 0 Å². The molecule has 0 spiro atoms. The van der Waals surface area contributed by atoms with Crippen LogP contribution in [0.15, 0.2) is 0 Å². The van der Waals surface area contributed by atoms with Gasteiger partial charge in [-0.1, -0.05) is 6.92 Å². The van der Waals surface area contributed by atoms with E-state index in [4.69, 9.17) is 5.73 Å². The van der Waals surface area contributed by atoms with Gasteiger partial charge in [-0.2, -0.15) is 0 Å². The molecule has 3 N–H and O–H groups in total. The maximum atomic E-state index is 10.3. The van der Waals surface area contributed by atoms with Crippen molar-refractivity contribution in [1.29, 1.82) is 0 Å². The molecule has 4 aliphatic carbocycles. The fourth-order valence-electron chi connectivity index (χ4n) is 7.72. The fourth-order valence-corrected chi connectivity index (χ4v) is 7.72. The van der Waals surface area contributed by atoms with Crippen molar-refractivity contribution in [2.45, 2.75) is 83.8 Å². The van der Waals surface area contributed by atoms with Gasteiger partial charge in [-0.25, -0.2) is 0 Å². The molecule has 0 aromatic heterocycles. The van der Waals surface area contributed by atoms with E-state index < -0.39 is 0 Å². The van der Waals surface area contributed by atoms with E-state index in [-0.39, 0.29) is 6.10 Å². The van der Waals surface area contributed by atoms with Crippen molar-refractivity contribution < 1.29 is 5.11 Å². The lowest BCUT2D eigenvalue weighted by molar-refractivity contribution is -0.0788. The minimum absolute atomic E-state index is 0.115. The second kappa shape index (κ2) is 5.48. The molecule has 4 saturated carbocycles. The van der Waals surface area contributed by atoms with Crippen LogP contribution in [0.3, 0.4) is 0 Å². The van der Waals surface area contributed by atoms with Gasteiger partial charge in [0.15, 0.2) is 0 Å². The highest BCUT2D eigenvalue weighted by atomic mass is 16.3. The highest BCUT2D eigenvalue weighted by Gasteiger charge is 2.57. The molecule has 0 aliphatic heterocycles. The molecule has 0 saturated heterocycles. The predicted molar refractivity (Wildman–Crippen MR) is 90.3 cm³/mol. The summed E-state index contributed by atoms with van der Waals surface area (Å²) in [6.45, 7) is 4.55. The Bertz CT molecular complexity index is 422. The molecule has 9 atom stereocenters. The SMILES string of the molecule is CC(O)[C@H]1CC[C@H]2[C@@H]3CC[C@H]4CC(N)CC[C@@H]4[C@H]3CC[C@]12C. The van der Waals surface area contributed by atoms with E-state index in [1.165, 1.54) is 57.8 Å². The number of aliphatic hydroxyl groups excluding tert-OH is 1. The van der Waals surface area contributed by atoms with Gasteiger partial charge in [-0.05, 0) is 106 Å². The number of aliphatic hydroxyl groups is 1. The van der Waals surface area contributed by atoms with Crippen molar-refractivity contribution >= 4 is 0 Å². The Labute approximate surface area is 136 Å². The molecule has 2 nitrogen and oxygen atoms in total. The van der Waals surface area contributed by atoms with Crippen molar-refractivity contribution in [3.8, 4) is 0 Å². The Morgan fingerprint density at radius 2 is 1.73 bits per heavy atom. The third-order valence-corrected chi connectivity index (χ3v) is 8.65. The lowest BCUT2D eigenvalue weighted by atomic mass is 9.49. The summed E-state index contributed by atoms with van der Waals surface area (Å²) in [7, 11) is 0. The van der Waals surface area contributed by atoms with Gasteiger partial charge in [0.2, 0.25) is 0 Å². The molecule has 2 unspecified atom stereocenters. The first-order valence-corrected chi connectivity index (χ1v) is 9.94. The minimum atomic E-state index is -0.115. The molecular formula is C20H35NO. The Kier molecular flexibility index (Phi) is 3.85. The quantitative estimate of drug-likeness (QED) is 0.770. The van der Waals surface area contributed by atoms with Gasteiger partial charge in [-0.15, -0.1) is 0 Å². The van der Waals surface area contributed by atoms with Crippen LogP contribution >= 0.6 is 0 Å². The molecule has 4 aliphatic rings. The van der Waals surface area contributed by atoms with Gasteiger partial charge in [0.1, 0.15) is 0 Å². The zero-order valence-corrected chi connectivity index (χ0v) is 14.5. The Morgan fingerprint density at radius 1 is 0.955 bits per heavy atom. The Morgan fingerprint density at radius 3 is 2.50 bits per heavy atom. The van der Waals surface area contributed by atoms with Gasteiger partial charge >= 0.3 is 0 Å². The van der Waals surface area contributed by atoms with Crippen LogP contribution in [0.2, 0.25) is 0 Å². The summed E-state index contributed by atoms with van der Waals surface area (Å²) >= 11 is 0. The summed E-state index contributed by atoms with van der Waals surface area (Å²) < 4.78 is 0. The van der Waals surface area contributed by atoms with Crippen molar-refractivity contribution in [3.63, 3.8) is 0 Å². The number of rotatable bonds is 1. The molecule has 0 aromatic carbocycles. The third kappa shape index (κ3) is 2.20. The van der Waals surface area contributed by atoms with E-state index in [1.807, 2.05) is 6.92 Å². The summed E-state index contributed by atoms with van der Waals surface area (Å²) in [5, 5.41) is 10.3. The lowest BCUT2D eigenvalue weighted by Crippen LogP contribution is -2.50. The maximum Gasteiger partial charge on any atom is 0.0545 e. The molecule has 126 valence electrons. The highest BCUT2D eigenvalue weighted by Crippen LogP contribution is 2.64. The first kappa shape index (κ1) is 15.4. The fraction of sp³-hybridized carbons (Fsp3) is 1.00. The molecule has 0 bridgehead atoms. The molecule has 0 amide bonds. The van der Waals surface area contributed by atoms with Crippen LogP contribution in [-0.2, 0) is 0 Å². The van der Waals surface area contributed by atoms with Crippen molar-refractivity contribution in [3.05, 3.63) is 0 Å². The van der Waals surface area contributed by atoms with Crippen molar-refractivity contribution in [2.24, 2.45) is 46.7 Å². The van der Waals surface area contributed by atoms with Gasteiger partial charge in [-0.3, -0.25) is 0 Å². The molecule has 4 rings (SSSR count). The van der Waals surface area contributed by atoms with E-state index >= 15 is 0 Å². The molecule has 22 heavy (non-hydrogen) atoms. The van der Waals surface area contributed by atoms with Crippen molar-refractivity contribution in [1.82, 2.24) is 0 Å². The minimum Gasteiger partial charge on any atom is -0.393 e. The zero-order chi connectivity index (χ0) is 15.5. The number of fused-ring (bicyclic) bond motifs is 5. The van der Waals surface area contributed by atoms with Gasteiger partial charge < -0.3 is 10.8 Å². The van der Waals surface area contributed by atoms with Crippen molar-refractivity contribution in [2.75, 3.05) is 0 Å². The Hall–Kier alpha value is -0.0800. The Balaban J connectivity index is 1.55. The lowest BCUT2D eigenvalue weighted by Gasteiger charge is -2.56. The third-order valence-electron chi connectivity index (χ3n) is 8.65. The van der Waals surface area contributed by atoms with Crippen LogP contribution in [-0.4, -0.2) is 17.3 Å². The summed E-state index contributed by atoms with van der Waals surface area (Å²) in [4.78, 5) is 0. The molecule has 2 heteroatoms. The van der Waals surface area contributed by atoms with E-state index in [2.05, 4.69) is 6.92 Å². The van der Waals surface area contributed by atoms with Crippen LogP contribution in [0.5, 0.6) is 0 Å². The van der Waals surface area contributed by atoms with E-state index in [1.54, 1.807) is 0 Å². The topological polar surface area (TPSA) is 46.2 Å². The van der Waals surface area contributed by atoms with E-state index in [0.717, 1.165) is 29.6 Å². The average molecular weight is 306 g/mol. The standard InChI is InChI=1S/C20H35NO/c1-12(22)18-7-8-19-17-5-3-13-11-14(21)4-6-15(13)16(17)9-10-20(18,19)2/h12-19,22H,3-11,21H2,1-2H3/t12?,13-,14?,15-,16+,17+,18+,19-,20+/m0/s1. The molecular weight excluding hydrogens is 270 g/mol. The highest BCUT2D eigenvalue weighted by molar-refractivity contribution is 5.06. The number of hydrogen-bond donors (Lipinski definition) is 2. The van der Waals surface area contributed by atoms with Crippen LogP contribution in [0.25, 0.3) is 0 Å². The van der Waals surface area contributed by atoms with E-state index in [0.29, 0.717) is 17.4 Å². The normalized spacial score (nSPS) is 55.9. The van der Waals surface area contributed by atoms with Crippen LogP contribution in [0, 0.1) is 40.9 Å². The monoisotopic (exact) mass is 305 g/mol. The summed E-state index contributed by atoms with van der Waals surface area (Å²) in [6.07, 6.45) is 12.2. The van der Waals surface area contributed by atoms with Crippen LogP contribution in [0.1, 0.15) is 71.6 Å². The van der Waals surface area contributed by atoms with Gasteiger partial charge in [0, 0.05) is 6.04 Å². The zero-order valence-electron chi connectivity index (χ0n) is 14.5. The molecule has 4 fully saturated rings.